The second-order valence-corrected chi connectivity index (χ2v) is 13.2. The maximum absolute atomic E-state index is 13.9. The summed E-state index contributed by atoms with van der Waals surface area (Å²) in [6.45, 7) is 5.78. The lowest BCUT2D eigenvalue weighted by molar-refractivity contribution is -0.142. The zero-order chi connectivity index (χ0) is 29.2. The molecule has 2 aliphatic rings. The van der Waals surface area contributed by atoms with Gasteiger partial charge in [-0.25, -0.2) is 13.2 Å². The van der Waals surface area contributed by atoms with Crippen LogP contribution in [0.3, 0.4) is 0 Å². The summed E-state index contributed by atoms with van der Waals surface area (Å²) in [4.78, 5) is 24.2. The Bertz CT molecular complexity index is 1340. The van der Waals surface area contributed by atoms with E-state index in [2.05, 4.69) is 5.32 Å². The first-order valence-corrected chi connectivity index (χ1v) is 15.0. The second kappa shape index (κ2) is 11.6. The quantitative estimate of drug-likeness (QED) is 0.341. The Morgan fingerprint density at radius 2 is 1.82 bits per heavy atom. The number of aromatic hydroxyl groups is 1. The van der Waals surface area contributed by atoms with Crippen molar-refractivity contribution in [3.8, 4) is 11.5 Å². The van der Waals surface area contributed by atoms with Gasteiger partial charge < -0.3 is 25.0 Å². The van der Waals surface area contributed by atoms with Crippen molar-refractivity contribution in [3.63, 3.8) is 0 Å². The molecule has 3 N–H and O–H groups in total. The van der Waals surface area contributed by atoms with Crippen molar-refractivity contribution in [3.05, 3.63) is 48.0 Å². The van der Waals surface area contributed by atoms with Gasteiger partial charge in [0.1, 0.15) is 11.5 Å². The molecule has 2 aromatic rings. The molecule has 0 aromatic heterocycles. The van der Waals surface area contributed by atoms with Crippen LogP contribution in [0.2, 0.25) is 0 Å². The molecule has 2 aromatic carbocycles. The first-order valence-electron chi connectivity index (χ1n) is 13.5. The number of anilines is 1. The van der Waals surface area contributed by atoms with Gasteiger partial charge >= 0.3 is 12.1 Å². The van der Waals surface area contributed by atoms with Gasteiger partial charge in [-0.2, -0.15) is 0 Å². The number of nitrogens with one attached hydrogen (secondary N) is 1. The van der Waals surface area contributed by atoms with Crippen molar-refractivity contribution in [2.75, 3.05) is 18.0 Å². The van der Waals surface area contributed by atoms with E-state index in [1.54, 1.807) is 31.2 Å². The van der Waals surface area contributed by atoms with Crippen LogP contribution in [-0.2, 0) is 19.6 Å². The van der Waals surface area contributed by atoms with E-state index in [0.29, 0.717) is 24.2 Å². The topological polar surface area (TPSA) is 142 Å². The van der Waals surface area contributed by atoms with Gasteiger partial charge in [0.15, 0.2) is 0 Å². The third-order valence-electron chi connectivity index (χ3n) is 8.00. The number of phenolic OH excluding ortho intramolecular Hbond substituents is 1. The third-order valence-corrected chi connectivity index (χ3v) is 9.88. The zero-order valence-corrected chi connectivity index (χ0v) is 24.1. The summed E-state index contributed by atoms with van der Waals surface area (Å²) in [7, 11) is -2.52. The minimum Gasteiger partial charge on any atom is -0.506 e. The van der Waals surface area contributed by atoms with Crippen LogP contribution in [0.1, 0.15) is 64.4 Å². The zero-order valence-electron chi connectivity index (χ0n) is 23.3. The first-order chi connectivity index (χ1) is 18.8. The van der Waals surface area contributed by atoms with Crippen molar-refractivity contribution in [1.29, 1.82) is 0 Å². The Labute approximate surface area is 235 Å². The molecule has 11 heteroatoms. The van der Waals surface area contributed by atoms with Crippen LogP contribution in [0.4, 0.5) is 10.5 Å². The summed E-state index contributed by atoms with van der Waals surface area (Å²) in [6.07, 6.45) is 2.21. The molecule has 1 saturated carbocycles. The van der Waals surface area contributed by atoms with Gasteiger partial charge in [-0.1, -0.05) is 32.8 Å². The summed E-state index contributed by atoms with van der Waals surface area (Å²) >= 11 is 0. The monoisotopic (exact) mass is 574 g/mol. The summed E-state index contributed by atoms with van der Waals surface area (Å²) in [5, 5.41) is 23.0. The van der Waals surface area contributed by atoms with Crippen LogP contribution < -0.4 is 14.4 Å². The molecule has 0 bridgehead atoms. The fourth-order valence-corrected chi connectivity index (χ4v) is 7.78. The predicted octanol–water partition coefficient (Wildman–Crippen LogP) is 4.87. The Balaban J connectivity index is 1.76. The number of hydrogen-bond acceptors (Lipinski definition) is 7. The normalized spacial score (nSPS) is 20.5. The number of phenols is 1. The standard InChI is InChI=1S/C29H38N2O8S/c1-18(30-28(34)35)15-23(26-27(33)39-17-29(26,2)3)19-9-14-24(25(32)16-19)31(20-7-5-6-8-20)40(36,37)22-12-10-21(38-4)11-13-22/h9-14,16,18,20,23,26,30,32H,5-8,15,17H2,1-4H3,(H,34,35)/t18-,23?,26?/m1/s1. The van der Waals surface area contributed by atoms with Crippen molar-refractivity contribution >= 4 is 27.8 Å². The van der Waals surface area contributed by atoms with Crippen LogP contribution in [-0.4, -0.2) is 56.5 Å². The molecule has 1 heterocycles. The average molecular weight is 575 g/mol. The lowest BCUT2D eigenvalue weighted by Gasteiger charge is -2.33. The molecule has 0 radical (unpaired) electrons. The molecule has 1 amide bonds. The number of amides is 1. The van der Waals surface area contributed by atoms with Gasteiger partial charge in [-0.3, -0.25) is 9.10 Å². The first kappa shape index (κ1) is 29.5. The highest BCUT2D eigenvalue weighted by molar-refractivity contribution is 7.92. The molecule has 40 heavy (non-hydrogen) atoms. The molecule has 0 spiro atoms. The van der Waals surface area contributed by atoms with Crippen LogP contribution in [0.15, 0.2) is 47.4 Å². The summed E-state index contributed by atoms with van der Waals surface area (Å²) in [5.74, 6) is -1.13. The van der Waals surface area contributed by atoms with Gasteiger partial charge in [-0.05, 0) is 74.1 Å². The maximum atomic E-state index is 13.9. The van der Waals surface area contributed by atoms with Gasteiger partial charge in [0.2, 0.25) is 0 Å². The highest BCUT2D eigenvalue weighted by Crippen LogP contribution is 2.47. The Kier molecular flexibility index (Phi) is 8.53. The molecular weight excluding hydrogens is 536 g/mol. The van der Waals surface area contributed by atoms with Crippen LogP contribution in [0.25, 0.3) is 0 Å². The molecule has 4 rings (SSSR count). The van der Waals surface area contributed by atoms with E-state index in [0.717, 1.165) is 12.8 Å². The highest BCUT2D eigenvalue weighted by atomic mass is 32.2. The van der Waals surface area contributed by atoms with Gasteiger partial charge in [-0.15, -0.1) is 0 Å². The number of hydrogen-bond donors (Lipinski definition) is 3. The predicted molar refractivity (Wildman–Crippen MR) is 149 cm³/mol. The van der Waals surface area contributed by atoms with Gasteiger partial charge in [0.05, 0.1) is 30.2 Å². The fourth-order valence-electron chi connectivity index (χ4n) is 6.06. The van der Waals surface area contributed by atoms with Gasteiger partial charge in [0.25, 0.3) is 10.0 Å². The Hall–Kier alpha value is -3.47. The molecule has 218 valence electrons. The fraction of sp³-hybridized carbons (Fsp3) is 0.517. The van der Waals surface area contributed by atoms with Crippen LogP contribution >= 0.6 is 0 Å². The number of benzene rings is 2. The molecule has 1 aliphatic carbocycles. The minimum absolute atomic E-state index is 0.0885. The smallest absolute Gasteiger partial charge is 0.404 e. The van der Waals surface area contributed by atoms with Crippen molar-refractivity contribution in [1.82, 2.24) is 5.32 Å². The third kappa shape index (κ3) is 5.99. The van der Waals surface area contributed by atoms with Crippen LogP contribution in [0.5, 0.6) is 11.5 Å². The van der Waals surface area contributed by atoms with E-state index in [-0.39, 0.29) is 41.4 Å². The molecule has 2 fully saturated rings. The SMILES string of the molecule is COc1ccc(S(=O)(=O)N(c2ccc(C(C[C@@H](C)NC(=O)O)C3C(=O)OCC3(C)C)cc2O)C2CCCC2)cc1. The average Bonchev–Trinajstić information content (AvgIpc) is 3.50. The molecule has 1 saturated heterocycles. The minimum atomic E-state index is -4.03. The molecular formula is C29H38N2O8S. The van der Waals surface area contributed by atoms with Crippen molar-refractivity contribution in [2.45, 2.75) is 75.8 Å². The Morgan fingerprint density at radius 3 is 2.35 bits per heavy atom. The van der Waals surface area contributed by atoms with Gasteiger partial charge in [0, 0.05) is 17.5 Å². The maximum Gasteiger partial charge on any atom is 0.404 e. The van der Waals surface area contributed by atoms with E-state index in [9.17, 15) is 28.2 Å². The summed E-state index contributed by atoms with van der Waals surface area (Å²) in [6, 6.07) is 10.1. The molecule has 2 unspecified atom stereocenters. The van der Waals surface area contributed by atoms with E-state index in [4.69, 9.17) is 9.47 Å². The number of carbonyl (C=O) groups is 2. The summed E-state index contributed by atoms with van der Waals surface area (Å²) in [5.41, 5.74) is 0.243. The van der Waals surface area contributed by atoms with E-state index >= 15 is 0 Å². The van der Waals surface area contributed by atoms with Crippen molar-refractivity contribution in [2.24, 2.45) is 11.3 Å². The summed E-state index contributed by atoms with van der Waals surface area (Å²) < 4.78 is 39.7. The van der Waals surface area contributed by atoms with Crippen LogP contribution in [0, 0.1) is 11.3 Å². The molecule has 3 atom stereocenters. The number of ether oxygens (including phenoxy) is 2. The number of cyclic esters (lactones) is 1. The largest absolute Gasteiger partial charge is 0.506 e. The number of carbonyl (C=O) groups excluding carboxylic acids is 1. The number of sulfonamides is 1. The Morgan fingerprint density at radius 1 is 1.18 bits per heavy atom. The lowest BCUT2D eigenvalue weighted by atomic mass is 9.69. The number of esters is 1. The van der Waals surface area contributed by atoms with E-state index in [1.165, 1.54) is 29.6 Å². The second-order valence-electron chi connectivity index (χ2n) is 11.4. The number of methoxy groups -OCH3 is 1. The lowest BCUT2D eigenvalue weighted by Crippen LogP contribution is -2.39. The number of carboxylic acid groups (broad SMARTS) is 1. The molecule has 10 nitrogen and oxygen atoms in total. The molecule has 1 aliphatic heterocycles. The highest BCUT2D eigenvalue weighted by Gasteiger charge is 2.49. The number of rotatable bonds is 10. The number of nitrogens with zero attached hydrogens (tertiary/aromatic N) is 1. The van der Waals surface area contributed by atoms with E-state index in [1.807, 2.05) is 13.8 Å². The van der Waals surface area contributed by atoms with E-state index < -0.39 is 39.4 Å². The van der Waals surface area contributed by atoms with Crippen molar-refractivity contribution < 1.29 is 37.7 Å².